The molecule has 7 heteroatoms. The van der Waals surface area contributed by atoms with Crippen LogP contribution in [0.15, 0.2) is 40.9 Å². The highest BCUT2D eigenvalue weighted by Gasteiger charge is 2.44. The smallest absolute Gasteiger partial charge is 0.258 e. The van der Waals surface area contributed by atoms with Gasteiger partial charge in [-0.3, -0.25) is 4.79 Å². The van der Waals surface area contributed by atoms with E-state index in [4.69, 9.17) is 4.52 Å². The highest BCUT2D eigenvalue weighted by Crippen LogP contribution is 2.35. The minimum Gasteiger partial charge on any atom is -0.396 e. The van der Waals surface area contributed by atoms with Crippen LogP contribution >= 0.6 is 0 Å². The van der Waals surface area contributed by atoms with E-state index in [-0.39, 0.29) is 19.1 Å². The quantitative estimate of drug-likeness (QED) is 0.703. The van der Waals surface area contributed by atoms with Gasteiger partial charge in [0.25, 0.3) is 11.6 Å². The number of fused-ring (bicyclic) bond motifs is 1. The first kappa shape index (κ1) is 19.5. The van der Waals surface area contributed by atoms with E-state index >= 15 is 0 Å². The van der Waals surface area contributed by atoms with E-state index in [0.29, 0.717) is 47.4 Å². The van der Waals surface area contributed by atoms with E-state index in [1.54, 1.807) is 24.8 Å². The topological polar surface area (TPSA) is 99.7 Å². The van der Waals surface area contributed by atoms with E-state index in [9.17, 15) is 15.0 Å². The first-order chi connectivity index (χ1) is 13.9. The molecule has 0 bridgehead atoms. The maximum atomic E-state index is 13.4. The maximum absolute atomic E-state index is 13.4. The molecule has 0 spiro atoms. The van der Waals surface area contributed by atoms with Crippen LogP contribution in [0.25, 0.3) is 11.1 Å². The molecule has 0 unspecified atom stereocenters. The average molecular weight is 395 g/mol. The summed E-state index contributed by atoms with van der Waals surface area (Å²) in [6.07, 6.45) is 0.217. The molecule has 4 rings (SSSR count). The molecule has 0 radical (unpaired) electrons. The van der Waals surface area contributed by atoms with Gasteiger partial charge in [0.05, 0.1) is 29.4 Å². The van der Waals surface area contributed by atoms with Gasteiger partial charge in [0.1, 0.15) is 0 Å². The number of aliphatic hydroxyl groups excluding tert-OH is 2. The standard InChI is InChI=1S/C22H25N3O4/c1-14-10-17(19-15(2)24-29-20(19)23-14)21(28)25-9-8-18(27)22(12-25,13-26)11-16-6-4-3-5-7-16/h3-7,10,18,26-27H,8-9,11-13H2,1-2H3/t18-,22+/m0/s1. The molecule has 152 valence electrons. The van der Waals surface area contributed by atoms with Gasteiger partial charge >= 0.3 is 0 Å². The van der Waals surface area contributed by atoms with Crippen molar-refractivity contribution in [2.45, 2.75) is 32.8 Å². The van der Waals surface area contributed by atoms with Crippen LogP contribution in [0.2, 0.25) is 0 Å². The van der Waals surface area contributed by atoms with Crippen LogP contribution in [-0.2, 0) is 6.42 Å². The number of hydrogen-bond donors (Lipinski definition) is 2. The lowest BCUT2D eigenvalue weighted by Crippen LogP contribution is -2.56. The minimum absolute atomic E-state index is 0.162. The van der Waals surface area contributed by atoms with Crippen LogP contribution in [0.4, 0.5) is 0 Å². The largest absolute Gasteiger partial charge is 0.396 e. The minimum atomic E-state index is -0.805. The molecular weight excluding hydrogens is 370 g/mol. The number of aliphatic hydroxyl groups is 2. The van der Waals surface area contributed by atoms with Crippen molar-refractivity contribution in [3.05, 3.63) is 58.9 Å². The molecule has 2 N–H and O–H groups in total. The lowest BCUT2D eigenvalue weighted by atomic mass is 9.73. The van der Waals surface area contributed by atoms with Gasteiger partial charge in [-0.05, 0) is 38.3 Å². The van der Waals surface area contributed by atoms with Crippen molar-refractivity contribution < 1.29 is 19.5 Å². The van der Waals surface area contributed by atoms with Gasteiger partial charge in [-0.15, -0.1) is 0 Å². The molecule has 0 aliphatic carbocycles. The summed E-state index contributed by atoms with van der Waals surface area (Å²) in [6, 6.07) is 11.5. The fraction of sp³-hybridized carbons (Fsp3) is 0.409. The van der Waals surface area contributed by atoms with Gasteiger partial charge < -0.3 is 19.6 Å². The van der Waals surface area contributed by atoms with Crippen LogP contribution in [0.1, 0.15) is 33.7 Å². The number of pyridine rings is 1. The van der Waals surface area contributed by atoms with Crippen LogP contribution in [0, 0.1) is 19.3 Å². The van der Waals surface area contributed by atoms with Crippen LogP contribution in [0.3, 0.4) is 0 Å². The number of hydrogen-bond acceptors (Lipinski definition) is 6. The number of amides is 1. The van der Waals surface area contributed by atoms with Gasteiger partial charge in [0.15, 0.2) is 0 Å². The first-order valence-corrected chi connectivity index (χ1v) is 9.79. The summed E-state index contributed by atoms with van der Waals surface area (Å²) >= 11 is 0. The lowest BCUT2D eigenvalue weighted by Gasteiger charge is -2.45. The third-order valence-electron chi connectivity index (χ3n) is 5.86. The second-order valence-corrected chi connectivity index (χ2v) is 7.97. The summed E-state index contributed by atoms with van der Waals surface area (Å²) in [5, 5.41) is 25.5. The fourth-order valence-electron chi connectivity index (χ4n) is 4.27. The SMILES string of the molecule is Cc1cc(C(=O)N2CC[C@H](O)[C@](CO)(Cc3ccccc3)C2)c2c(C)noc2n1. The van der Waals surface area contributed by atoms with Crippen molar-refractivity contribution in [1.82, 2.24) is 15.0 Å². The zero-order chi connectivity index (χ0) is 20.6. The monoisotopic (exact) mass is 395 g/mol. The molecule has 3 heterocycles. The zero-order valence-electron chi connectivity index (χ0n) is 16.6. The van der Waals surface area contributed by atoms with E-state index in [0.717, 1.165) is 5.56 Å². The van der Waals surface area contributed by atoms with Crippen molar-refractivity contribution >= 4 is 17.0 Å². The number of benzene rings is 1. The van der Waals surface area contributed by atoms with Gasteiger partial charge in [-0.25, -0.2) is 4.98 Å². The highest BCUT2D eigenvalue weighted by molar-refractivity contribution is 6.06. The third kappa shape index (κ3) is 3.52. The van der Waals surface area contributed by atoms with Crippen LogP contribution in [-0.4, -0.2) is 57.0 Å². The summed E-state index contributed by atoms with van der Waals surface area (Å²) in [5.41, 5.74) is 2.35. The number of aromatic nitrogens is 2. The molecule has 1 aromatic carbocycles. The van der Waals surface area contributed by atoms with E-state index in [1.807, 2.05) is 30.3 Å². The number of nitrogens with zero attached hydrogens (tertiary/aromatic N) is 3. The summed E-state index contributed by atoms with van der Waals surface area (Å²) in [4.78, 5) is 19.5. The molecule has 0 saturated carbocycles. The van der Waals surface area contributed by atoms with E-state index < -0.39 is 11.5 Å². The molecular formula is C22H25N3O4. The fourth-order valence-corrected chi connectivity index (χ4v) is 4.27. The van der Waals surface area contributed by atoms with Crippen molar-refractivity contribution in [2.24, 2.45) is 5.41 Å². The highest BCUT2D eigenvalue weighted by atomic mass is 16.5. The third-order valence-corrected chi connectivity index (χ3v) is 5.86. The number of carbonyl (C=O) groups is 1. The molecule has 1 aliphatic heterocycles. The summed E-state index contributed by atoms with van der Waals surface area (Å²) in [7, 11) is 0. The van der Waals surface area contributed by atoms with E-state index in [2.05, 4.69) is 10.1 Å². The van der Waals surface area contributed by atoms with Crippen molar-refractivity contribution in [3.8, 4) is 0 Å². The number of carbonyl (C=O) groups excluding carboxylic acids is 1. The molecule has 1 saturated heterocycles. The maximum Gasteiger partial charge on any atom is 0.258 e. The Morgan fingerprint density at radius 2 is 2.07 bits per heavy atom. The number of likely N-dealkylation sites (tertiary alicyclic amines) is 1. The Balaban J connectivity index is 1.67. The molecule has 1 amide bonds. The van der Waals surface area contributed by atoms with Gasteiger partial charge in [-0.1, -0.05) is 35.5 Å². The molecule has 3 aromatic rings. The normalized spacial score (nSPS) is 22.2. The Bertz CT molecular complexity index is 1030. The summed E-state index contributed by atoms with van der Waals surface area (Å²) in [5.74, 6) is -0.162. The summed E-state index contributed by atoms with van der Waals surface area (Å²) in [6.45, 7) is 4.08. The lowest BCUT2D eigenvalue weighted by molar-refractivity contribution is -0.0668. The Morgan fingerprint density at radius 1 is 1.31 bits per heavy atom. The molecule has 1 fully saturated rings. The predicted octanol–water partition coefficient (Wildman–Crippen LogP) is 2.27. The Hall–Kier alpha value is -2.77. The second-order valence-electron chi connectivity index (χ2n) is 7.97. The number of aryl methyl sites for hydroxylation is 2. The summed E-state index contributed by atoms with van der Waals surface area (Å²) < 4.78 is 5.25. The molecule has 2 aromatic heterocycles. The molecule has 7 nitrogen and oxygen atoms in total. The van der Waals surface area contributed by atoms with Crippen LogP contribution < -0.4 is 0 Å². The first-order valence-electron chi connectivity index (χ1n) is 9.79. The van der Waals surface area contributed by atoms with Crippen molar-refractivity contribution in [1.29, 1.82) is 0 Å². The average Bonchev–Trinajstić information content (AvgIpc) is 3.10. The molecule has 1 aliphatic rings. The number of rotatable bonds is 4. The van der Waals surface area contributed by atoms with Crippen molar-refractivity contribution in [3.63, 3.8) is 0 Å². The molecule has 29 heavy (non-hydrogen) atoms. The van der Waals surface area contributed by atoms with Crippen molar-refractivity contribution in [2.75, 3.05) is 19.7 Å². The Labute approximate surface area is 169 Å². The predicted molar refractivity (Wildman–Crippen MR) is 107 cm³/mol. The van der Waals surface area contributed by atoms with Crippen LogP contribution in [0.5, 0.6) is 0 Å². The zero-order valence-corrected chi connectivity index (χ0v) is 16.6. The van der Waals surface area contributed by atoms with Gasteiger partial charge in [0, 0.05) is 24.2 Å². The molecule has 2 atom stereocenters. The second kappa shape index (κ2) is 7.57. The van der Waals surface area contributed by atoms with Gasteiger partial charge in [-0.2, -0.15) is 0 Å². The Morgan fingerprint density at radius 3 is 2.79 bits per heavy atom. The van der Waals surface area contributed by atoms with E-state index in [1.165, 1.54) is 0 Å². The Kier molecular flexibility index (Phi) is 5.10. The number of piperidine rings is 1. The van der Waals surface area contributed by atoms with Gasteiger partial charge in [0.2, 0.25) is 0 Å².